The second kappa shape index (κ2) is 5.06. The Bertz CT molecular complexity index is 159. The minimum Gasteiger partial charge on any atom is -0.303 e. The van der Waals surface area contributed by atoms with Crippen molar-refractivity contribution < 1.29 is 8.78 Å². The second-order valence-electron chi connectivity index (χ2n) is 4.73. The molecule has 1 aliphatic heterocycles. The highest BCUT2D eigenvalue weighted by Crippen LogP contribution is 2.27. The fourth-order valence-corrected chi connectivity index (χ4v) is 1.83. The second-order valence-corrected chi connectivity index (χ2v) is 4.73. The molecular weight excluding hydrogens is 184 g/mol. The Morgan fingerprint density at radius 3 is 2.29 bits per heavy atom. The highest BCUT2D eigenvalue weighted by molar-refractivity contribution is 4.77. The van der Waals surface area contributed by atoms with E-state index in [4.69, 9.17) is 0 Å². The van der Waals surface area contributed by atoms with E-state index in [-0.39, 0.29) is 12.8 Å². The quantitative estimate of drug-likeness (QED) is 0.681. The number of halogens is 2. The zero-order valence-electron chi connectivity index (χ0n) is 9.23. The fourth-order valence-electron chi connectivity index (χ4n) is 1.83. The maximum absolute atomic E-state index is 12.8. The molecule has 1 nitrogen and oxygen atoms in total. The van der Waals surface area contributed by atoms with Gasteiger partial charge < -0.3 is 4.90 Å². The summed E-state index contributed by atoms with van der Waals surface area (Å²) in [5.74, 6) is -1.67. The highest BCUT2D eigenvalue weighted by atomic mass is 19.3. The van der Waals surface area contributed by atoms with Gasteiger partial charge in [0.2, 0.25) is 0 Å². The minimum absolute atomic E-state index is 0.0503. The lowest BCUT2D eigenvalue weighted by Crippen LogP contribution is -2.39. The van der Waals surface area contributed by atoms with Crippen LogP contribution in [-0.2, 0) is 0 Å². The first-order valence-electron chi connectivity index (χ1n) is 5.60. The lowest BCUT2D eigenvalue weighted by Gasteiger charge is -2.31. The molecule has 1 aliphatic rings. The maximum Gasteiger partial charge on any atom is 0.250 e. The Morgan fingerprint density at radius 1 is 1.21 bits per heavy atom. The third-order valence-corrected chi connectivity index (χ3v) is 2.84. The van der Waals surface area contributed by atoms with Crippen molar-refractivity contribution in [2.75, 3.05) is 19.6 Å². The molecule has 0 saturated carbocycles. The lowest BCUT2D eigenvalue weighted by molar-refractivity contribution is -0.0553. The zero-order chi connectivity index (χ0) is 10.6. The molecule has 1 rings (SSSR count). The van der Waals surface area contributed by atoms with E-state index in [0.717, 1.165) is 18.9 Å². The van der Waals surface area contributed by atoms with Gasteiger partial charge in [-0.05, 0) is 25.3 Å². The molecule has 0 aromatic carbocycles. The molecule has 0 aromatic heterocycles. The van der Waals surface area contributed by atoms with E-state index in [1.165, 1.54) is 6.42 Å². The molecule has 3 heteroatoms. The molecule has 0 unspecified atom stereocenters. The van der Waals surface area contributed by atoms with Gasteiger partial charge >= 0.3 is 0 Å². The third kappa shape index (κ3) is 4.36. The van der Waals surface area contributed by atoms with Gasteiger partial charge in [-0.25, -0.2) is 8.78 Å². The summed E-state index contributed by atoms with van der Waals surface area (Å²) >= 11 is 0. The van der Waals surface area contributed by atoms with E-state index in [1.54, 1.807) is 0 Å². The standard InChI is InChI=1S/C11H21F2N/c1-10(2)4-3-7-14-8-5-11(12,13)6-9-14/h10H,3-9H2,1-2H3. The molecule has 0 atom stereocenters. The van der Waals surface area contributed by atoms with E-state index >= 15 is 0 Å². The fraction of sp³-hybridized carbons (Fsp3) is 1.00. The molecule has 14 heavy (non-hydrogen) atoms. The number of nitrogens with zero attached hydrogens (tertiary/aromatic N) is 1. The van der Waals surface area contributed by atoms with E-state index < -0.39 is 5.92 Å². The van der Waals surface area contributed by atoms with Gasteiger partial charge in [-0.3, -0.25) is 0 Å². The van der Waals surface area contributed by atoms with Gasteiger partial charge in [0.05, 0.1) is 0 Å². The molecular formula is C11H21F2N. The average molecular weight is 205 g/mol. The Kier molecular flexibility index (Phi) is 4.30. The minimum atomic E-state index is -2.39. The van der Waals surface area contributed by atoms with Crippen molar-refractivity contribution in [1.29, 1.82) is 0 Å². The van der Waals surface area contributed by atoms with Crippen LogP contribution in [0.2, 0.25) is 0 Å². The van der Waals surface area contributed by atoms with Crippen LogP contribution in [0.5, 0.6) is 0 Å². The molecule has 0 bridgehead atoms. The largest absolute Gasteiger partial charge is 0.303 e. The highest BCUT2D eigenvalue weighted by Gasteiger charge is 2.33. The first-order chi connectivity index (χ1) is 6.49. The van der Waals surface area contributed by atoms with Crippen LogP contribution in [0.4, 0.5) is 8.78 Å². The van der Waals surface area contributed by atoms with Crippen molar-refractivity contribution in [1.82, 2.24) is 4.90 Å². The SMILES string of the molecule is CC(C)CCCN1CCC(F)(F)CC1. The zero-order valence-corrected chi connectivity index (χ0v) is 9.23. The number of piperidine rings is 1. The molecule has 0 spiro atoms. The monoisotopic (exact) mass is 205 g/mol. The van der Waals surface area contributed by atoms with Gasteiger partial charge in [0.1, 0.15) is 0 Å². The van der Waals surface area contributed by atoms with Crippen molar-refractivity contribution in [2.45, 2.75) is 45.5 Å². The Hall–Kier alpha value is -0.180. The summed E-state index contributed by atoms with van der Waals surface area (Å²) in [5.41, 5.74) is 0. The van der Waals surface area contributed by atoms with Gasteiger partial charge in [-0.15, -0.1) is 0 Å². The van der Waals surface area contributed by atoms with Gasteiger partial charge in [0.25, 0.3) is 5.92 Å². The van der Waals surface area contributed by atoms with E-state index in [2.05, 4.69) is 18.7 Å². The summed E-state index contributed by atoms with van der Waals surface area (Å²) in [6.45, 7) is 6.54. The van der Waals surface area contributed by atoms with E-state index in [0.29, 0.717) is 13.1 Å². The number of hydrogen-bond acceptors (Lipinski definition) is 1. The molecule has 1 fully saturated rings. The summed E-state index contributed by atoms with van der Waals surface area (Å²) in [5, 5.41) is 0. The molecule has 84 valence electrons. The van der Waals surface area contributed by atoms with E-state index in [9.17, 15) is 8.78 Å². The van der Waals surface area contributed by atoms with Crippen LogP contribution in [0.25, 0.3) is 0 Å². The van der Waals surface area contributed by atoms with Gasteiger partial charge in [-0.2, -0.15) is 0 Å². The molecule has 0 N–H and O–H groups in total. The van der Waals surface area contributed by atoms with Crippen molar-refractivity contribution in [3.63, 3.8) is 0 Å². The molecule has 1 saturated heterocycles. The van der Waals surface area contributed by atoms with Crippen molar-refractivity contribution in [3.8, 4) is 0 Å². The summed E-state index contributed by atoms with van der Waals surface area (Å²) < 4.78 is 25.6. The smallest absolute Gasteiger partial charge is 0.250 e. The Balaban J connectivity index is 2.10. The van der Waals surface area contributed by atoms with Crippen molar-refractivity contribution in [2.24, 2.45) is 5.92 Å². The first kappa shape index (κ1) is 11.9. The third-order valence-electron chi connectivity index (χ3n) is 2.84. The van der Waals surface area contributed by atoms with Crippen LogP contribution in [0.15, 0.2) is 0 Å². The van der Waals surface area contributed by atoms with Crippen LogP contribution >= 0.6 is 0 Å². The Labute approximate surface area is 85.5 Å². The normalized spacial score (nSPS) is 22.9. The molecule has 0 aliphatic carbocycles. The molecule has 0 radical (unpaired) electrons. The van der Waals surface area contributed by atoms with Crippen LogP contribution in [-0.4, -0.2) is 30.5 Å². The molecule has 0 aromatic rings. The molecule has 1 heterocycles. The predicted molar refractivity (Wildman–Crippen MR) is 54.7 cm³/mol. The lowest BCUT2D eigenvalue weighted by atomic mass is 10.0. The average Bonchev–Trinajstić information content (AvgIpc) is 2.07. The van der Waals surface area contributed by atoms with Gasteiger partial charge in [0.15, 0.2) is 0 Å². The summed E-state index contributed by atoms with van der Waals surface area (Å²) in [7, 11) is 0. The van der Waals surface area contributed by atoms with Crippen molar-refractivity contribution in [3.05, 3.63) is 0 Å². The maximum atomic E-state index is 12.8. The van der Waals surface area contributed by atoms with Crippen LogP contribution < -0.4 is 0 Å². The topological polar surface area (TPSA) is 3.24 Å². The number of alkyl halides is 2. The predicted octanol–water partition coefficient (Wildman–Crippen LogP) is 3.15. The summed E-state index contributed by atoms with van der Waals surface area (Å²) in [6.07, 6.45) is 2.44. The first-order valence-corrected chi connectivity index (χ1v) is 5.60. The van der Waals surface area contributed by atoms with E-state index in [1.807, 2.05) is 0 Å². The number of likely N-dealkylation sites (tertiary alicyclic amines) is 1. The summed E-state index contributed by atoms with van der Waals surface area (Å²) in [4.78, 5) is 2.17. The number of hydrogen-bond donors (Lipinski definition) is 0. The Morgan fingerprint density at radius 2 is 1.79 bits per heavy atom. The summed E-state index contributed by atoms with van der Waals surface area (Å²) in [6, 6.07) is 0. The van der Waals surface area contributed by atoms with Gasteiger partial charge in [-0.1, -0.05) is 13.8 Å². The molecule has 0 amide bonds. The van der Waals surface area contributed by atoms with Crippen LogP contribution in [0, 0.1) is 5.92 Å². The van der Waals surface area contributed by atoms with Crippen LogP contribution in [0.3, 0.4) is 0 Å². The number of rotatable bonds is 4. The van der Waals surface area contributed by atoms with Gasteiger partial charge in [0, 0.05) is 25.9 Å². The van der Waals surface area contributed by atoms with Crippen LogP contribution in [0.1, 0.15) is 39.5 Å². The van der Waals surface area contributed by atoms with Crippen molar-refractivity contribution >= 4 is 0 Å².